The molecule has 0 spiro atoms. The number of rotatable bonds is 7. The molecule has 0 amide bonds. The normalized spacial score (nSPS) is 10.6. The zero-order valence-electron chi connectivity index (χ0n) is 15.3. The van der Waals surface area contributed by atoms with Gasteiger partial charge < -0.3 is 9.47 Å². The molecule has 0 aliphatic carbocycles. The quantitative estimate of drug-likeness (QED) is 0.640. The van der Waals surface area contributed by atoms with Crippen molar-refractivity contribution in [2.45, 2.75) is 26.7 Å². The minimum absolute atomic E-state index is 0.153. The Hall–Kier alpha value is -2.79. The van der Waals surface area contributed by atoms with E-state index in [1.807, 2.05) is 50.2 Å². The number of halogens is 1. The maximum absolute atomic E-state index is 11.7. The van der Waals surface area contributed by atoms with Crippen molar-refractivity contribution in [3.63, 3.8) is 0 Å². The molecule has 0 saturated heterocycles. The van der Waals surface area contributed by atoms with Crippen LogP contribution in [-0.2, 0) is 12.8 Å². The first-order valence-electron chi connectivity index (χ1n) is 8.78. The van der Waals surface area contributed by atoms with Crippen molar-refractivity contribution < 1.29 is 9.47 Å². The van der Waals surface area contributed by atoms with E-state index in [1.54, 1.807) is 12.3 Å². The summed E-state index contributed by atoms with van der Waals surface area (Å²) in [5.41, 5.74) is 2.63. The van der Waals surface area contributed by atoms with Crippen molar-refractivity contribution in [3.8, 4) is 17.5 Å². The topological polar surface area (TPSA) is 64.2 Å². The van der Waals surface area contributed by atoms with Crippen LogP contribution in [0.1, 0.15) is 23.6 Å². The molecule has 1 N–H and O–H groups in total. The zero-order chi connectivity index (χ0) is 19.2. The fraction of sp³-hybridized carbons (Fsp3) is 0.238. The number of aromatic nitrogens is 2. The second-order valence-electron chi connectivity index (χ2n) is 6.21. The molecule has 0 aliphatic heterocycles. The van der Waals surface area contributed by atoms with Gasteiger partial charge in [-0.1, -0.05) is 30.7 Å². The molecule has 1 aromatic heterocycles. The Labute approximate surface area is 163 Å². The summed E-state index contributed by atoms with van der Waals surface area (Å²) in [6.45, 7) is 4.30. The molecule has 0 radical (unpaired) electrons. The lowest BCUT2D eigenvalue weighted by molar-refractivity contribution is 0.295. The maximum Gasteiger partial charge on any atom is 0.296 e. The van der Waals surface area contributed by atoms with Gasteiger partial charge in [-0.3, -0.25) is 9.78 Å². The Balaban J connectivity index is 1.54. The monoisotopic (exact) mass is 384 g/mol. The van der Waals surface area contributed by atoms with Crippen LogP contribution >= 0.6 is 11.6 Å². The van der Waals surface area contributed by atoms with Gasteiger partial charge in [-0.05, 0) is 54.8 Å². The van der Waals surface area contributed by atoms with E-state index in [1.165, 1.54) is 0 Å². The predicted octanol–water partition coefficient (Wildman–Crippen LogP) is 4.71. The Kier molecular flexibility index (Phi) is 6.14. The molecular formula is C21H21ClN2O3. The number of benzene rings is 2. The Bertz CT molecular complexity index is 948. The number of hydrogen-bond acceptors (Lipinski definition) is 4. The Morgan fingerprint density at radius 3 is 2.56 bits per heavy atom. The van der Waals surface area contributed by atoms with Crippen molar-refractivity contribution >= 4 is 11.6 Å². The van der Waals surface area contributed by atoms with Gasteiger partial charge in [0, 0.05) is 23.2 Å². The third-order valence-electron chi connectivity index (χ3n) is 4.03. The highest BCUT2D eigenvalue weighted by atomic mass is 35.5. The van der Waals surface area contributed by atoms with Crippen molar-refractivity contribution in [2.75, 3.05) is 6.61 Å². The molecule has 3 rings (SSSR count). The lowest BCUT2D eigenvalue weighted by Crippen LogP contribution is -2.15. The molecule has 140 valence electrons. The summed E-state index contributed by atoms with van der Waals surface area (Å²) in [7, 11) is 0. The lowest BCUT2D eigenvalue weighted by Gasteiger charge is -2.09. The van der Waals surface area contributed by atoms with Crippen LogP contribution in [0.2, 0.25) is 5.02 Å². The van der Waals surface area contributed by atoms with Crippen molar-refractivity contribution in [2.24, 2.45) is 0 Å². The Morgan fingerprint density at radius 1 is 1.11 bits per heavy atom. The first kappa shape index (κ1) is 19.0. The number of aromatic amines is 1. The van der Waals surface area contributed by atoms with Crippen LogP contribution in [0.3, 0.4) is 0 Å². The highest BCUT2D eigenvalue weighted by molar-refractivity contribution is 6.30. The number of hydrogen-bond donors (Lipinski definition) is 1. The van der Waals surface area contributed by atoms with Crippen LogP contribution < -0.4 is 15.0 Å². The highest BCUT2D eigenvalue weighted by Crippen LogP contribution is 2.26. The van der Waals surface area contributed by atoms with Gasteiger partial charge in [0.15, 0.2) is 0 Å². The molecule has 3 aromatic rings. The van der Waals surface area contributed by atoms with Gasteiger partial charge in [0.2, 0.25) is 0 Å². The van der Waals surface area contributed by atoms with E-state index in [4.69, 9.17) is 21.1 Å². The summed E-state index contributed by atoms with van der Waals surface area (Å²) >= 11 is 6.05. The molecule has 5 nitrogen and oxygen atoms in total. The van der Waals surface area contributed by atoms with Crippen LogP contribution in [0.15, 0.2) is 53.5 Å². The summed E-state index contributed by atoms with van der Waals surface area (Å²) in [6, 6.07) is 13.6. The first-order valence-corrected chi connectivity index (χ1v) is 9.16. The third kappa shape index (κ3) is 5.34. The van der Waals surface area contributed by atoms with Crippen molar-refractivity contribution in [1.29, 1.82) is 0 Å². The summed E-state index contributed by atoms with van der Waals surface area (Å²) in [5.74, 6) is 1.45. The minimum atomic E-state index is -0.153. The van der Waals surface area contributed by atoms with Crippen LogP contribution in [0.5, 0.6) is 17.5 Å². The van der Waals surface area contributed by atoms with Crippen molar-refractivity contribution in [1.82, 2.24) is 9.97 Å². The largest absolute Gasteiger partial charge is 0.464 e. The lowest BCUT2D eigenvalue weighted by atomic mass is 10.1. The number of H-pyrrole nitrogens is 1. The molecule has 0 atom stereocenters. The number of ether oxygens (including phenoxy) is 2. The second kappa shape index (κ2) is 8.73. The molecule has 27 heavy (non-hydrogen) atoms. The van der Waals surface area contributed by atoms with Crippen LogP contribution in [-0.4, -0.2) is 16.6 Å². The summed E-state index contributed by atoms with van der Waals surface area (Å²) in [5, 5.41) is 0.650. The molecule has 0 bridgehead atoms. The first-order chi connectivity index (χ1) is 13.0. The van der Waals surface area contributed by atoms with Crippen LogP contribution in [0.4, 0.5) is 0 Å². The SMILES string of the molecule is CCc1cnc(OCCc2ccc(Oc3cc(C)cc(Cl)c3)cc2)[nH]c1=O. The van der Waals surface area contributed by atoms with Gasteiger partial charge >= 0.3 is 0 Å². The van der Waals surface area contributed by atoms with E-state index < -0.39 is 0 Å². The summed E-state index contributed by atoms with van der Waals surface area (Å²) in [6.07, 6.45) is 2.89. The standard InChI is InChI=1S/C21H21ClN2O3/c1-3-16-13-23-21(24-20(16)25)26-9-8-15-4-6-18(7-5-15)27-19-11-14(2)10-17(22)12-19/h4-7,10-13H,3,8-9H2,1-2H3,(H,23,24,25). The van der Waals surface area contributed by atoms with E-state index in [-0.39, 0.29) is 11.6 Å². The summed E-state index contributed by atoms with van der Waals surface area (Å²) in [4.78, 5) is 18.5. The fourth-order valence-corrected chi connectivity index (χ4v) is 2.90. The molecule has 0 aliphatic rings. The van der Waals surface area contributed by atoms with Gasteiger partial charge in [0.1, 0.15) is 11.5 Å². The fourth-order valence-electron chi connectivity index (χ4n) is 2.62. The second-order valence-corrected chi connectivity index (χ2v) is 6.64. The molecule has 0 fully saturated rings. The van der Waals surface area contributed by atoms with Gasteiger partial charge in [-0.15, -0.1) is 0 Å². The zero-order valence-corrected chi connectivity index (χ0v) is 16.0. The number of nitrogens with zero attached hydrogens (tertiary/aromatic N) is 1. The molecule has 6 heteroatoms. The van der Waals surface area contributed by atoms with Gasteiger partial charge in [0.25, 0.3) is 11.6 Å². The summed E-state index contributed by atoms with van der Waals surface area (Å²) < 4.78 is 11.4. The highest BCUT2D eigenvalue weighted by Gasteiger charge is 2.03. The van der Waals surface area contributed by atoms with Gasteiger partial charge in [0.05, 0.1) is 6.61 Å². The maximum atomic E-state index is 11.7. The average molecular weight is 385 g/mol. The van der Waals surface area contributed by atoms with E-state index in [0.29, 0.717) is 35.8 Å². The van der Waals surface area contributed by atoms with Crippen LogP contribution in [0, 0.1) is 6.92 Å². The third-order valence-corrected chi connectivity index (χ3v) is 4.25. The van der Waals surface area contributed by atoms with Crippen LogP contribution in [0.25, 0.3) is 0 Å². The molecule has 1 heterocycles. The minimum Gasteiger partial charge on any atom is -0.464 e. The smallest absolute Gasteiger partial charge is 0.296 e. The van der Waals surface area contributed by atoms with E-state index in [9.17, 15) is 4.79 Å². The molecular weight excluding hydrogens is 364 g/mol. The predicted molar refractivity (Wildman–Crippen MR) is 106 cm³/mol. The number of nitrogens with one attached hydrogen (secondary N) is 1. The average Bonchev–Trinajstić information content (AvgIpc) is 2.62. The number of aryl methyl sites for hydroxylation is 2. The van der Waals surface area contributed by atoms with E-state index in [0.717, 1.165) is 16.9 Å². The molecule has 0 saturated carbocycles. The molecule has 2 aromatic carbocycles. The van der Waals surface area contributed by atoms with E-state index >= 15 is 0 Å². The Morgan fingerprint density at radius 2 is 1.89 bits per heavy atom. The van der Waals surface area contributed by atoms with Gasteiger partial charge in [-0.25, -0.2) is 4.98 Å². The molecule has 0 unspecified atom stereocenters. The van der Waals surface area contributed by atoms with Crippen molar-refractivity contribution in [3.05, 3.63) is 80.7 Å². The van der Waals surface area contributed by atoms with Gasteiger partial charge in [-0.2, -0.15) is 0 Å². The van der Waals surface area contributed by atoms with E-state index in [2.05, 4.69) is 9.97 Å².